The predicted octanol–water partition coefficient (Wildman–Crippen LogP) is 3.02. The lowest BCUT2D eigenvalue weighted by atomic mass is 9.89. The van der Waals surface area contributed by atoms with Crippen molar-refractivity contribution >= 4 is 22.6 Å². The van der Waals surface area contributed by atoms with Crippen LogP contribution in [0, 0.1) is 5.92 Å². The fraction of sp³-hybridized carbons (Fsp3) is 1.00. The van der Waals surface area contributed by atoms with Gasteiger partial charge in [0.1, 0.15) is 0 Å². The third-order valence-corrected chi connectivity index (χ3v) is 3.66. The van der Waals surface area contributed by atoms with Gasteiger partial charge in [0.05, 0.1) is 6.10 Å². The van der Waals surface area contributed by atoms with E-state index < -0.39 is 0 Å². The van der Waals surface area contributed by atoms with Crippen molar-refractivity contribution in [3.63, 3.8) is 0 Å². The second-order valence-electron chi connectivity index (χ2n) is 3.25. The molecule has 1 nitrogen and oxygen atoms in total. The van der Waals surface area contributed by atoms with Crippen LogP contribution < -0.4 is 0 Å². The van der Waals surface area contributed by atoms with Gasteiger partial charge >= 0.3 is 0 Å². The third-order valence-electron chi connectivity index (χ3n) is 2.41. The number of halogens is 1. The first kappa shape index (κ1) is 9.78. The molecule has 0 radical (unpaired) electrons. The van der Waals surface area contributed by atoms with E-state index in [4.69, 9.17) is 4.74 Å². The molecule has 0 bridgehead atoms. The molecule has 66 valence electrons. The molecule has 11 heavy (non-hydrogen) atoms. The Balaban J connectivity index is 2.14. The number of rotatable bonds is 3. The standard InChI is InChI=1S/C9H17IO/c1-2-11-9-5-3-8(7-10)4-6-9/h8-9H,2-7H2,1H3/t8-,9+. The summed E-state index contributed by atoms with van der Waals surface area (Å²) < 4.78 is 6.90. The molecule has 1 aliphatic rings. The highest BCUT2D eigenvalue weighted by molar-refractivity contribution is 14.1. The molecule has 2 heteroatoms. The van der Waals surface area contributed by atoms with Crippen LogP contribution in [0.4, 0.5) is 0 Å². The summed E-state index contributed by atoms with van der Waals surface area (Å²) in [5, 5.41) is 0. The molecule has 1 fully saturated rings. The molecule has 0 atom stereocenters. The van der Waals surface area contributed by atoms with Crippen molar-refractivity contribution in [3.8, 4) is 0 Å². The molecule has 0 amide bonds. The normalized spacial score (nSPS) is 32.2. The Morgan fingerprint density at radius 3 is 2.36 bits per heavy atom. The van der Waals surface area contributed by atoms with E-state index in [1.54, 1.807) is 0 Å². The van der Waals surface area contributed by atoms with E-state index in [1.165, 1.54) is 30.1 Å². The van der Waals surface area contributed by atoms with Gasteiger partial charge in [0.15, 0.2) is 0 Å². The molecule has 1 saturated carbocycles. The molecule has 0 heterocycles. The van der Waals surface area contributed by atoms with Gasteiger partial charge in [0.2, 0.25) is 0 Å². The van der Waals surface area contributed by atoms with Gasteiger partial charge in [-0.15, -0.1) is 0 Å². The van der Waals surface area contributed by atoms with Gasteiger partial charge in [-0.25, -0.2) is 0 Å². The summed E-state index contributed by atoms with van der Waals surface area (Å²) in [6.07, 6.45) is 5.93. The van der Waals surface area contributed by atoms with Crippen LogP contribution in [0.25, 0.3) is 0 Å². The Morgan fingerprint density at radius 1 is 1.27 bits per heavy atom. The van der Waals surface area contributed by atoms with Crippen LogP contribution in [0.3, 0.4) is 0 Å². The van der Waals surface area contributed by atoms with Crippen molar-refractivity contribution in [3.05, 3.63) is 0 Å². The molecule has 0 saturated heterocycles. The fourth-order valence-electron chi connectivity index (χ4n) is 1.69. The highest BCUT2D eigenvalue weighted by Crippen LogP contribution is 2.27. The first-order valence-corrected chi connectivity index (χ1v) is 6.07. The molecule has 0 N–H and O–H groups in total. The van der Waals surface area contributed by atoms with Gasteiger partial charge in [-0.05, 0) is 38.5 Å². The molecule has 0 unspecified atom stereocenters. The first-order valence-electron chi connectivity index (χ1n) is 4.54. The monoisotopic (exact) mass is 268 g/mol. The van der Waals surface area contributed by atoms with Crippen LogP contribution >= 0.6 is 22.6 Å². The molecule has 1 rings (SSSR count). The lowest BCUT2D eigenvalue weighted by Gasteiger charge is -2.26. The van der Waals surface area contributed by atoms with E-state index in [2.05, 4.69) is 29.5 Å². The van der Waals surface area contributed by atoms with Gasteiger partial charge in [-0.3, -0.25) is 0 Å². The zero-order valence-electron chi connectivity index (χ0n) is 7.18. The number of alkyl halides is 1. The predicted molar refractivity (Wildman–Crippen MR) is 56.3 cm³/mol. The quantitative estimate of drug-likeness (QED) is 0.564. The summed E-state index contributed by atoms with van der Waals surface area (Å²) in [5.41, 5.74) is 0. The van der Waals surface area contributed by atoms with E-state index in [0.29, 0.717) is 6.10 Å². The molecule has 0 aromatic carbocycles. The van der Waals surface area contributed by atoms with Crippen molar-refractivity contribution in [2.24, 2.45) is 5.92 Å². The molecule has 0 aromatic heterocycles. The van der Waals surface area contributed by atoms with Crippen LogP contribution in [-0.2, 0) is 4.74 Å². The highest BCUT2D eigenvalue weighted by atomic mass is 127. The van der Waals surface area contributed by atoms with Crippen molar-refractivity contribution in [1.29, 1.82) is 0 Å². The summed E-state index contributed by atoms with van der Waals surface area (Å²) in [5.74, 6) is 0.979. The zero-order chi connectivity index (χ0) is 8.10. The van der Waals surface area contributed by atoms with E-state index in [9.17, 15) is 0 Å². The minimum Gasteiger partial charge on any atom is -0.379 e. The maximum Gasteiger partial charge on any atom is 0.0575 e. The van der Waals surface area contributed by atoms with Crippen LogP contribution in [0.5, 0.6) is 0 Å². The molecule has 0 spiro atoms. The fourth-order valence-corrected chi connectivity index (χ4v) is 2.57. The van der Waals surface area contributed by atoms with Crippen molar-refractivity contribution in [1.82, 2.24) is 0 Å². The summed E-state index contributed by atoms with van der Waals surface area (Å²) >= 11 is 2.49. The van der Waals surface area contributed by atoms with Crippen LogP contribution in [0.1, 0.15) is 32.6 Å². The van der Waals surface area contributed by atoms with Crippen LogP contribution in [0.15, 0.2) is 0 Å². The van der Waals surface area contributed by atoms with Crippen molar-refractivity contribution in [2.75, 3.05) is 11.0 Å². The smallest absolute Gasteiger partial charge is 0.0575 e. The Hall–Kier alpha value is 0.690. The van der Waals surface area contributed by atoms with Gasteiger partial charge in [0.25, 0.3) is 0 Å². The number of hydrogen-bond acceptors (Lipinski definition) is 1. The van der Waals surface area contributed by atoms with Crippen LogP contribution in [-0.4, -0.2) is 17.1 Å². The molecular formula is C9H17IO. The number of ether oxygens (including phenoxy) is 1. The Kier molecular flexibility index (Phi) is 4.76. The molecule has 1 aliphatic carbocycles. The summed E-state index contributed by atoms with van der Waals surface area (Å²) in [6, 6.07) is 0. The van der Waals surface area contributed by atoms with E-state index in [0.717, 1.165) is 12.5 Å². The number of hydrogen-bond donors (Lipinski definition) is 0. The van der Waals surface area contributed by atoms with E-state index in [1.807, 2.05) is 0 Å². The largest absolute Gasteiger partial charge is 0.379 e. The summed E-state index contributed by atoms with van der Waals surface area (Å²) in [4.78, 5) is 0. The Bertz CT molecular complexity index is 97.7. The Morgan fingerprint density at radius 2 is 1.91 bits per heavy atom. The van der Waals surface area contributed by atoms with E-state index >= 15 is 0 Å². The lowest BCUT2D eigenvalue weighted by molar-refractivity contribution is 0.0284. The molecule has 0 aromatic rings. The SMILES string of the molecule is CCO[C@H]1CC[C@@H](CI)CC1. The van der Waals surface area contributed by atoms with Gasteiger partial charge in [-0.1, -0.05) is 22.6 Å². The van der Waals surface area contributed by atoms with Gasteiger partial charge < -0.3 is 4.74 Å². The maximum absolute atomic E-state index is 5.57. The van der Waals surface area contributed by atoms with Gasteiger partial charge in [-0.2, -0.15) is 0 Å². The first-order chi connectivity index (χ1) is 5.36. The van der Waals surface area contributed by atoms with Crippen LogP contribution in [0.2, 0.25) is 0 Å². The molecular weight excluding hydrogens is 251 g/mol. The van der Waals surface area contributed by atoms with Gasteiger partial charge in [0, 0.05) is 11.0 Å². The van der Waals surface area contributed by atoms with Crippen molar-refractivity contribution < 1.29 is 4.74 Å². The second kappa shape index (κ2) is 5.36. The second-order valence-corrected chi connectivity index (χ2v) is 4.13. The highest BCUT2D eigenvalue weighted by Gasteiger charge is 2.19. The summed E-state index contributed by atoms with van der Waals surface area (Å²) in [7, 11) is 0. The van der Waals surface area contributed by atoms with E-state index in [-0.39, 0.29) is 0 Å². The average molecular weight is 268 g/mol. The minimum atomic E-state index is 0.583. The Labute approximate surface area is 83.0 Å². The third kappa shape index (κ3) is 3.28. The molecule has 0 aliphatic heterocycles. The zero-order valence-corrected chi connectivity index (χ0v) is 9.34. The maximum atomic E-state index is 5.57. The van der Waals surface area contributed by atoms with Crippen molar-refractivity contribution in [2.45, 2.75) is 38.7 Å². The topological polar surface area (TPSA) is 9.23 Å². The average Bonchev–Trinajstić information content (AvgIpc) is 2.07. The minimum absolute atomic E-state index is 0.583. The lowest BCUT2D eigenvalue weighted by Crippen LogP contribution is -2.22. The summed E-state index contributed by atoms with van der Waals surface area (Å²) in [6.45, 7) is 2.98.